The van der Waals surface area contributed by atoms with Crippen LogP contribution in [0.3, 0.4) is 0 Å². The van der Waals surface area contributed by atoms with E-state index in [0.717, 1.165) is 37.1 Å². The van der Waals surface area contributed by atoms with Crippen LogP contribution in [0, 0.1) is 5.92 Å². The van der Waals surface area contributed by atoms with Crippen LogP contribution in [-0.4, -0.2) is 42.7 Å². The summed E-state index contributed by atoms with van der Waals surface area (Å²) < 4.78 is 37.3. The molecular formula is C11H17F3N2O. The molecule has 1 saturated carbocycles. The van der Waals surface area contributed by atoms with Gasteiger partial charge in [-0.1, -0.05) is 0 Å². The van der Waals surface area contributed by atoms with E-state index in [4.69, 9.17) is 0 Å². The highest BCUT2D eigenvalue weighted by Gasteiger charge is 2.44. The molecule has 2 aliphatic rings. The molecule has 3 nitrogen and oxygen atoms in total. The summed E-state index contributed by atoms with van der Waals surface area (Å²) in [5, 5.41) is 3.13. The minimum Gasteiger partial charge on any atom is -0.333 e. The lowest BCUT2D eigenvalue weighted by atomic mass is 10.2. The smallest absolute Gasteiger partial charge is 0.333 e. The van der Waals surface area contributed by atoms with Gasteiger partial charge in [0.15, 0.2) is 0 Å². The molecule has 0 spiro atoms. The Labute approximate surface area is 98.3 Å². The predicted molar refractivity (Wildman–Crippen MR) is 56.4 cm³/mol. The van der Waals surface area contributed by atoms with E-state index in [9.17, 15) is 18.0 Å². The van der Waals surface area contributed by atoms with Crippen molar-refractivity contribution in [3.8, 4) is 0 Å². The van der Waals surface area contributed by atoms with Gasteiger partial charge in [-0.3, -0.25) is 4.79 Å². The second kappa shape index (κ2) is 4.84. The molecule has 6 heteroatoms. The zero-order chi connectivity index (χ0) is 12.5. The highest BCUT2D eigenvalue weighted by atomic mass is 19.4. The van der Waals surface area contributed by atoms with Gasteiger partial charge in [0.25, 0.3) is 0 Å². The van der Waals surface area contributed by atoms with Gasteiger partial charge in [-0.25, -0.2) is 0 Å². The van der Waals surface area contributed by atoms with Gasteiger partial charge in [-0.2, -0.15) is 13.2 Å². The van der Waals surface area contributed by atoms with Crippen LogP contribution in [-0.2, 0) is 4.79 Å². The maximum atomic E-state index is 12.4. The number of nitrogens with one attached hydrogen (secondary N) is 1. The Balaban J connectivity index is 1.93. The first kappa shape index (κ1) is 12.7. The third kappa shape index (κ3) is 3.59. The Morgan fingerprint density at radius 1 is 1.24 bits per heavy atom. The SMILES string of the molecule is O=C(N(CC1CC1)CC1CCCN1)C(F)(F)F. The van der Waals surface area contributed by atoms with Crippen LogP contribution >= 0.6 is 0 Å². The largest absolute Gasteiger partial charge is 0.471 e. The van der Waals surface area contributed by atoms with Gasteiger partial charge >= 0.3 is 12.1 Å². The number of halogens is 3. The molecule has 2 fully saturated rings. The molecule has 1 saturated heterocycles. The number of nitrogens with zero attached hydrogens (tertiary/aromatic N) is 1. The molecule has 0 bridgehead atoms. The number of carbonyl (C=O) groups excluding carboxylic acids is 1. The maximum absolute atomic E-state index is 12.4. The maximum Gasteiger partial charge on any atom is 0.471 e. The summed E-state index contributed by atoms with van der Waals surface area (Å²) in [6.45, 7) is 1.29. The van der Waals surface area contributed by atoms with Crippen LogP contribution < -0.4 is 5.32 Å². The van der Waals surface area contributed by atoms with Crippen molar-refractivity contribution in [3.05, 3.63) is 0 Å². The minimum atomic E-state index is -4.74. The number of hydrogen-bond acceptors (Lipinski definition) is 2. The van der Waals surface area contributed by atoms with Crippen LogP contribution in [0.15, 0.2) is 0 Å². The Hall–Kier alpha value is -0.780. The van der Waals surface area contributed by atoms with Crippen molar-refractivity contribution >= 4 is 5.91 Å². The lowest BCUT2D eigenvalue weighted by Gasteiger charge is -2.26. The van der Waals surface area contributed by atoms with Crippen molar-refractivity contribution < 1.29 is 18.0 Å². The van der Waals surface area contributed by atoms with Gasteiger partial charge in [-0.15, -0.1) is 0 Å². The van der Waals surface area contributed by atoms with E-state index in [1.54, 1.807) is 0 Å². The number of carbonyl (C=O) groups is 1. The van der Waals surface area contributed by atoms with Gasteiger partial charge in [0.05, 0.1) is 0 Å². The molecule has 98 valence electrons. The quantitative estimate of drug-likeness (QED) is 0.821. The fraction of sp³-hybridized carbons (Fsp3) is 0.909. The van der Waals surface area contributed by atoms with E-state index in [1.807, 2.05) is 0 Å². The summed E-state index contributed by atoms with van der Waals surface area (Å²) >= 11 is 0. The number of alkyl halides is 3. The van der Waals surface area contributed by atoms with Crippen LogP contribution in [0.25, 0.3) is 0 Å². The van der Waals surface area contributed by atoms with Crippen molar-refractivity contribution in [2.45, 2.75) is 37.9 Å². The first-order valence-electron chi connectivity index (χ1n) is 6.06. The zero-order valence-corrected chi connectivity index (χ0v) is 9.59. The van der Waals surface area contributed by atoms with Crippen LogP contribution in [0.1, 0.15) is 25.7 Å². The molecule has 17 heavy (non-hydrogen) atoms. The summed E-state index contributed by atoms with van der Waals surface area (Å²) in [5.74, 6) is -1.40. The van der Waals surface area contributed by atoms with E-state index in [2.05, 4.69) is 5.32 Å². The van der Waals surface area contributed by atoms with Crippen LogP contribution in [0.4, 0.5) is 13.2 Å². The first-order chi connectivity index (χ1) is 7.97. The fourth-order valence-electron chi connectivity index (χ4n) is 2.21. The van der Waals surface area contributed by atoms with E-state index in [-0.39, 0.29) is 25.0 Å². The molecule has 1 heterocycles. The minimum absolute atomic E-state index is 0.0278. The topological polar surface area (TPSA) is 32.3 Å². The Morgan fingerprint density at radius 3 is 2.41 bits per heavy atom. The third-order valence-electron chi connectivity index (χ3n) is 3.31. The Kier molecular flexibility index (Phi) is 3.61. The lowest BCUT2D eigenvalue weighted by Crippen LogP contribution is -2.47. The van der Waals surface area contributed by atoms with Crippen molar-refractivity contribution in [1.82, 2.24) is 10.2 Å². The van der Waals surface area contributed by atoms with Crippen molar-refractivity contribution in [1.29, 1.82) is 0 Å². The average molecular weight is 250 g/mol. The van der Waals surface area contributed by atoms with Gasteiger partial charge < -0.3 is 10.2 Å². The molecule has 0 aromatic carbocycles. The van der Waals surface area contributed by atoms with Crippen molar-refractivity contribution in [2.24, 2.45) is 5.92 Å². The summed E-state index contributed by atoms with van der Waals surface area (Å²) in [6, 6.07) is 0.0278. The molecule has 0 radical (unpaired) electrons. The van der Waals surface area contributed by atoms with E-state index in [0.29, 0.717) is 0 Å². The molecule has 1 N–H and O–H groups in total. The third-order valence-corrected chi connectivity index (χ3v) is 3.31. The highest BCUT2D eigenvalue weighted by molar-refractivity contribution is 5.81. The summed E-state index contributed by atoms with van der Waals surface area (Å²) in [5.41, 5.74) is 0. The number of rotatable bonds is 4. The predicted octanol–water partition coefficient (Wildman–Crippen LogP) is 1.54. The van der Waals surface area contributed by atoms with Crippen molar-refractivity contribution in [3.63, 3.8) is 0 Å². The fourth-order valence-corrected chi connectivity index (χ4v) is 2.21. The van der Waals surface area contributed by atoms with Gasteiger partial charge in [0.1, 0.15) is 0 Å². The highest BCUT2D eigenvalue weighted by Crippen LogP contribution is 2.31. The molecule has 0 aromatic rings. The van der Waals surface area contributed by atoms with Gasteiger partial charge in [-0.05, 0) is 38.1 Å². The van der Waals surface area contributed by atoms with E-state index >= 15 is 0 Å². The standard InChI is InChI=1S/C11H17F3N2O/c12-11(13,14)10(17)16(6-8-3-4-8)7-9-2-1-5-15-9/h8-9,15H,1-7H2. The van der Waals surface area contributed by atoms with Gasteiger partial charge in [0, 0.05) is 19.1 Å². The van der Waals surface area contributed by atoms with Gasteiger partial charge in [0.2, 0.25) is 0 Å². The second-order valence-corrected chi connectivity index (χ2v) is 4.94. The molecule has 2 rings (SSSR count). The van der Waals surface area contributed by atoms with Crippen LogP contribution in [0.2, 0.25) is 0 Å². The second-order valence-electron chi connectivity index (χ2n) is 4.94. The van der Waals surface area contributed by atoms with E-state index in [1.165, 1.54) is 0 Å². The molecular weight excluding hydrogens is 233 g/mol. The Bertz CT molecular complexity index is 283. The van der Waals surface area contributed by atoms with Crippen LogP contribution in [0.5, 0.6) is 0 Å². The number of amides is 1. The molecule has 1 aliphatic heterocycles. The van der Waals surface area contributed by atoms with E-state index < -0.39 is 12.1 Å². The molecule has 1 amide bonds. The Morgan fingerprint density at radius 2 is 1.94 bits per heavy atom. The molecule has 0 aromatic heterocycles. The van der Waals surface area contributed by atoms with Crippen molar-refractivity contribution in [2.75, 3.05) is 19.6 Å². The normalized spacial score (nSPS) is 25.0. The summed E-state index contributed by atoms with van der Waals surface area (Å²) in [6.07, 6.45) is -1.03. The molecule has 1 aliphatic carbocycles. The molecule has 1 atom stereocenters. The lowest BCUT2D eigenvalue weighted by molar-refractivity contribution is -0.186. The summed E-state index contributed by atoms with van der Waals surface area (Å²) in [7, 11) is 0. The summed E-state index contributed by atoms with van der Waals surface area (Å²) in [4.78, 5) is 12.3. The number of hydrogen-bond donors (Lipinski definition) is 1. The average Bonchev–Trinajstić information content (AvgIpc) is 2.90. The first-order valence-corrected chi connectivity index (χ1v) is 6.06. The zero-order valence-electron chi connectivity index (χ0n) is 9.59. The monoisotopic (exact) mass is 250 g/mol. The molecule has 1 unspecified atom stereocenters.